The number of nitrogens with zero attached hydrogens (tertiary/aromatic N) is 1. The van der Waals surface area contributed by atoms with E-state index in [0.717, 1.165) is 16.3 Å². The van der Waals surface area contributed by atoms with Crippen LogP contribution < -0.4 is 9.47 Å². The molecule has 0 aliphatic heterocycles. The molecule has 0 aliphatic carbocycles. The third-order valence-electron chi connectivity index (χ3n) is 3.28. The highest BCUT2D eigenvalue weighted by Crippen LogP contribution is 2.34. The fourth-order valence-corrected chi connectivity index (χ4v) is 2.97. The molecular formula is C17H14FNO2S. The van der Waals surface area contributed by atoms with Crippen LogP contribution in [0.2, 0.25) is 0 Å². The molecule has 22 heavy (non-hydrogen) atoms. The fraction of sp³-hybridized carbons (Fsp3) is 0.118. The molecule has 0 amide bonds. The van der Waals surface area contributed by atoms with Crippen LogP contribution >= 0.6 is 11.3 Å². The van der Waals surface area contributed by atoms with Gasteiger partial charge in [-0.05, 0) is 42.5 Å². The summed E-state index contributed by atoms with van der Waals surface area (Å²) < 4.78 is 23.9. The lowest BCUT2D eigenvalue weighted by Gasteiger charge is -2.06. The van der Waals surface area contributed by atoms with E-state index in [1.165, 1.54) is 23.5 Å². The van der Waals surface area contributed by atoms with Crippen molar-refractivity contribution in [1.29, 1.82) is 0 Å². The number of methoxy groups -OCH3 is 2. The highest BCUT2D eigenvalue weighted by Gasteiger charge is 2.12. The third-order valence-corrected chi connectivity index (χ3v) is 4.17. The molecular weight excluding hydrogens is 301 g/mol. The molecule has 112 valence electrons. The predicted molar refractivity (Wildman–Crippen MR) is 86.0 cm³/mol. The topological polar surface area (TPSA) is 31.4 Å². The molecule has 0 unspecified atom stereocenters. The highest BCUT2D eigenvalue weighted by molar-refractivity contribution is 7.13. The van der Waals surface area contributed by atoms with Crippen LogP contribution in [0.4, 0.5) is 4.39 Å². The summed E-state index contributed by atoms with van der Waals surface area (Å²) in [7, 11) is 3.19. The summed E-state index contributed by atoms with van der Waals surface area (Å²) in [5.41, 5.74) is 2.35. The van der Waals surface area contributed by atoms with Gasteiger partial charge < -0.3 is 9.47 Å². The van der Waals surface area contributed by atoms with Crippen molar-refractivity contribution in [2.45, 2.75) is 0 Å². The van der Waals surface area contributed by atoms with E-state index < -0.39 is 0 Å². The van der Waals surface area contributed by atoms with Gasteiger partial charge in [0, 0.05) is 16.5 Å². The minimum atomic E-state index is -0.310. The molecule has 0 bridgehead atoms. The summed E-state index contributed by atoms with van der Waals surface area (Å²) in [5, 5.41) is 2.76. The van der Waals surface area contributed by atoms with Gasteiger partial charge in [0.15, 0.2) is 0 Å². The van der Waals surface area contributed by atoms with Crippen LogP contribution in [0.15, 0.2) is 47.8 Å². The van der Waals surface area contributed by atoms with Crippen molar-refractivity contribution in [2.75, 3.05) is 14.2 Å². The second-order valence-electron chi connectivity index (χ2n) is 4.61. The second kappa shape index (κ2) is 6.15. The van der Waals surface area contributed by atoms with Crippen molar-refractivity contribution in [1.82, 2.24) is 4.98 Å². The summed E-state index contributed by atoms with van der Waals surface area (Å²) >= 11 is 1.51. The maximum atomic E-state index is 13.5. The molecule has 0 N–H and O–H groups in total. The van der Waals surface area contributed by atoms with E-state index in [9.17, 15) is 4.39 Å². The number of benzene rings is 2. The van der Waals surface area contributed by atoms with Gasteiger partial charge in [0.2, 0.25) is 0 Å². The smallest absolute Gasteiger partial charge is 0.128 e. The lowest BCUT2D eigenvalue weighted by atomic mass is 10.1. The SMILES string of the molecule is COc1ccc(-c2nc(-c3cc(F)ccc3OC)cs2)cc1. The number of hydrogen-bond donors (Lipinski definition) is 0. The maximum Gasteiger partial charge on any atom is 0.128 e. The molecule has 3 rings (SSSR count). The van der Waals surface area contributed by atoms with Gasteiger partial charge in [-0.1, -0.05) is 0 Å². The average molecular weight is 315 g/mol. The number of rotatable bonds is 4. The molecule has 0 spiro atoms. The van der Waals surface area contributed by atoms with Gasteiger partial charge in [0.1, 0.15) is 22.3 Å². The number of thiazole rings is 1. The number of hydrogen-bond acceptors (Lipinski definition) is 4. The second-order valence-corrected chi connectivity index (χ2v) is 5.47. The third kappa shape index (κ3) is 2.80. The van der Waals surface area contributed by atoms with Crippen LogP contribution in [0.25, 0.3) is 21.8 Å². The van der Waals surface area contributed by atoms with Crippen LogP contribution in [0.5, 0.6) is 11.5 Å². The molecule has 0 aliphatic rings. The zero-order valence-corrected chi connectivity index (χ0v) is 13.0. The van der Waals surface area contributed by atoms with E-state index in [1.54, 1.807) is 20.3 Å². The van der Waals surface area contributed by atoms with Gasteiger partial charge in [0.05, 0.1) is 19.9 Å². The minimum Gasteiger partial charge on any atom is -0.497 e. The largest absolute Gasteiger partial charge is 0.497 e. The van der Waals surface area contributed by atoms with Gasteiger partial charge in [0.25, 0.3) is 0 Å². The van der Waals surface area contributed by atoms with E-state index >= 15 is 0 Å². The Morgan fingerprint density at radius 2 is 1.77 bits per heavy atom. The first kappa shape index (κ1) is 14.5. The summed E-state index contributed by atoms with van der Waals surface area (Å²) in [6, 6.07) is 12.1. The molecule has 3 nitrogen and oxygen atoms in total. The Morgan fingerprint density at radius 1 is 1.00 bits per heavy atom. The first-order valence-corrected chi connectivity index (χ1v) is 7.53. The molecule has 0 fully saturated rings. The number of ether oxygens (including phenoxy) is 2. The van der Waals surface area contributed by atoms with Gasteiger partial charge in [-0.3, -0.25) is 0 Å². The van der Waals surface area contributed by atoms with Gasteiger partial charge in [-0.2, -0.15) is 0 Å². The molecule has 2 aromatic carbocycles. The molecule has 0 saturated heterocycles. The molecule has 3 aromatic rings. The van der Waals surface area contributed by atoms with Crippen LogP contribution in [0.3, 0.4) is 0 Å². The normalized spacial score (nSPS) is 10.5. The lowest BCUT2D eigenvalue weighted by molar-refractivity contribution is 0.415. The Bertz CT molecular complexity index is 784. The van der Waals surface area contributed by atoms with Crippen molar-refractivity contribution in [3.05, 3.63) is 53.7 Å². The number of aromatic nitrogens is 1. The summed E-state index contributed by atoms with van der Waals surface area (Å²) in [5.74, 6) is 1.09. The Hall–Kier alpha value is -2.40. The van der Waals surface area contributed by atoms with Gasteiger partial charge >= 0.3 is 0 Å². The molecule has 0 atom stereocenters. The van der Waals surface area contributed by atoms with E-state index in [2.05, 4.69) is 4.98 Å². The van der Waals surface area contributed by atoms with Crippen LogP contribution in [0.1, 0.15) is 0 Å². The van der Waals surface area contributed by atoms with E-state index in [0.29, 0.717) is 17.0 Å². The van der Waals surface area contributed by atoms with E-state index in [1.807, 2.05) is 29.6 Å². The standard InChI is InChI=1S/C17H14FNO2S/c1-20-13-6-3-11(4-7-13)17-19-15(10-22-17)14-9-12(18)5-8-16(14)21-2/h3-10H,1-2H3. The highest BCUT2D eigenvalue weighted by atomic mass is 32.1. The molecule has 0 radical (unpaired) electrons. The Kier molecular flexibility index (Phi) is 4.06. The van der Waals surface area contributed by atoms with Gasteiger partial charge in [-0.25, -0.2) is 9.37 Å². The van der Waals surface area contributed by atoms with Gasteiger partial charge in [-0.15, -0.1) is 11.3 Å². The van der Waals surface area contributed by atoms with Crippen molar-refractivity contribution < 1.29 is 13.9 Å². The van der Waals surface area contributed by atoms with Crippen LogP contribution in [-0.2, 0) is 0 Å². The molecule has 1 aromatic heterocycles. The monoisotopic (exact) mass is 315 g/mol. The zero-order chi connectivity index (χ0) is 15.5. The Labute approximate surface area is 132 Å². The van der Waals surface area contributed by atoms with E-state index in [-0.39, 0.29) is 5.82 Å². The lowest BCUT2D eigenvalue weighted by Crippen LogP contribution is -1.89. The molecule has 5 heteroatoms. The van der Waals surface area contributed by atoms with Crippen molar-refractivity contribution in [2.24, 2.45) is 0 Å². The van der Waals surface area contributed by atoms with Crippen LogP contribution in [-0.4, -0.2) is 19.2 Å². The quantitative estimate of drug-likeness (QED) is 0.703. The summed E-state index contributed by atoms with van der Waals surface area (Å²) in [6.45, 7) is 0. The van der Waals surface area contributed by atoms with Crippen molar-refractivity contribution in [3.8, 4) is 33.3 Å². The Balaban J connectivity index is 1.98. The van der Waals surface area contributed by atoms with Crippen molar-refractivity contribution in [3.63, 3.8) is 0 Å². The maximum absolute atomic E-state index is 13.5. The first-order valence-electron chi connectivity index (χ1n) is 6.65. The summed E-state index contributed by atoms with van der Waals surface area (Å²) in [6.07, 6.45) is 0. The zero-order valence-electron chi connectivity index (χ0n) is 12.2. The average Bonchev–Trinajstić information content (AvgIpc) is 3.04. The van der Waals surface area contributed by atoms with E-state index in [4.69, 9.17) is 9.47 Å². The molecule has 0 saturated carbocycles. The summed E-state index contributed by atoms with van der Waals surface area (Å²) in [4.78, 5) is 4.59. The number of halogens is 1. The minimum absolute atomic E-state index is 0.310. The predicted octanol–water partition coefficient (Wildman–Crippen LogP) is 4.63. The van der Waals surface area contributed by atoms with Crippen molar-refractivity contribution >= 4 is 11.3 Å². The molecule has 1 heterocycles. The first-order chi connectivity index (χ1) is 10.7. The van der Waals surface area contributed by atoms with Crippen LogP contribution in [0, 0.1) is 5.82 Å². The fourth-order valence-electron chi connectivity index (χ4n) is 2.14. The Morgan fingerprint density at radius 3 is 2.45 bits per heavy atom.